The van der Waals surface area contributed by atoms with Gasteiger partial charge in [0.25, 0.3) is 0 Å². The molecule has 8 rings (SSSR count). The molecule has 3 heteroatoms. The maximum atomic E-state index is 4.72. The summed E-state index contributed by atoms with van der Waals surface area (Å²) < 4.78 is 0. The minimum absolute atomic E-state index is 0. The van der Waals surface area contributed by atoms with Crippen LogP contribution in [0, 0.1) is 35.8 Å². The molecule has 0 aromatic heterocycles. The van der Waals surface area contributed by atoms with Gasteiger partial charge in [-0.05, 0) is 67.6 Å². The quantitative estimate of drug-likeness (QED) is 0.161. The maximum Gasteiger partial charge on any atom is 0.0502 e. The van der Waals surface area contributed by atoms with E-state index in [-0.39, 0.29) is 38.1 Å². The van der Waals surface area contributed by atoms with Gasteiger partial charge < -0.3 is 0 Å². The van der Waals surface area contributed by atoms with E-state index in [2.05, 4.69) is 72.8 Å². The molecule has 3 aromatic rings. The topological polar surface area (TPSA) is 0 Å². The van der Waals surface area contributed by atoms with Crippen LogP contribution in [-0.2, 0) is 44.5 Å². The number of rotatable bonds is 2. The van der Waals surface area contributed by atoms with Crippen molar-refractivity contribution in [3.05, 3.63) is 95.1 Å². The summed E-state index contributed by atoms with van der Waals surface area (Å²) in [6, 6.07) is 30.3. The van der Waals surface area contributed by atoms with Gasteiger partial charge in [-0.3, -0.25) is 0 Å². The molecule has 4 fully saturated rings. The summed E-state index contributed by atoms with van der Waals surface area (Å²) in [5, 5.41) is 0. The third kappa shape index (κ3) is 6.54. The number of fused-ring (bicyclic) bond motifs is 3. The standard InChI is InChI=1S/C29H26.3C2H6.CH3B2.Y/c1-2-7-23(8-3-1)29(25-13-19-12-20(15-25)16-26(29)14-19)24-11-10-22-17-21-6-4-5-9-27(21)28(22)18-24;3*1-2;1-3-2;/h1-7,9-11,19-20,25-26H,12-17H2;3*1-2H3;1H3;/q-2;;;;;. The SMILES string of the molecule is CC.CC.CC.[B][B]C.[Y].[c-]1ccccc1C1(c2[c-]c3c(cc2)Cc2ccccc2-3)C2CC3CC(C2)CC1C3. The van der Waals surface area contributed by atoms with Crippen molar-refractivity contribution in [2.45, 2.75) is 92.3 Å². The molecule has 5 aliphatic carbocycles. The predicted octanol–water partition coefficient (Wildman–Crippen LogP) is 9.50. The van der Waals surface area contributed by atoms with Crippen LogP contribution in [0.4, 0.5) is 0 Å². The Kier molecular flexibility index (Phi) is 14.3. The zero-order chi connectivity index (χ0) is 27.7. The van der Waals surface area contributed by atoms with Gasteiger partial charge in [0.1, 0.15) is 0 Å². The van der Waals surface area contributed by atoms with Crippen LogP contribution < -0.4 is 0 Å². The van der Waals surface area contributed by atoms with Gasteiger partial charge in [0.15, 0.2) is 0 Å². The van der Waals surface area contributed by atoms with Crippen molar-refractivity contribution in [2.24, 2.45) is 23.7 Å². The van der Waals surface area contributed by atoms with Gasteiger partial charge in [-0.2, -0.15) is 35.9 Å². The first-order valence-corrected chi connectivity index (χ1v) is 15.3. The Bertz CT molecular complexity index is 1100. The molecule has 0 amide bonds. The van der Waals surface area contributed by atoms with Crippen LogP contribution in [0.25, 0.3) is 11.1 Å². The number of hydrogen-bond donors (Lipinski definition) is 0. The maximum absolute atomic E-state index is 4.72. The van der Waals surface area contributed by atoms with Crippen LogP contribution in [0.5, 0.6) is 0 Å². The normalized spacial score (nSPS) is 25.7. The van der Waals surface area contributed by atoms with Crippen molar-refractivity contribution in [1.82, 2.24) is 0 Å². The van der Waals surface area contributed by atoms with E-state index in [1.807, 2.05) is 41.5 Å². The molecule has 5 aliphatic rings. The summed E-state index contributed by atoms with van der Waals surface area (Å²) in [4.78, 5) is 0. The van der Waals surface area contributed by atoms with Gasteiger partial charge in [-0.15, -0.1) is 41.7 Å². The van der Waals surface area contributed by atoms with Crippen LogP contribution in [0.1, 0.15) is 95.9 Å². The Labute approximate surface area is 268 Å². The second-order valence-electron chi connectivity index (χ2n) is 10.4. The van der Waals surface area contributed by atoms with Crippen molar-refractivity contribution >= 4 is 14.9 Å². The summed E-state index contributed by atoms with van der Waals surface area (Å²) in [5.74, 6) is 3.43. The van der Waals surface area contributed by atoms with Crippen LogP contribution in [0.15, 0.2) is 60.7 Å². The molecule has 4 radical (unpaired) electrons. The molecule has 0 nitrogen and oxygen atoms in total. The Morgan fingerprint density at radius 3 is 1.85 bits per heavy atom. The molecule has 0 spiro atoms. The largest absolute Gasteiger partial charge is 0.180 e. The van der Waals surface area contributed by atoms with E-state index < -0.39 is 0 Å². The predicted molar refractivity (Wildman–Crippen MR) is 168 cm³/mol. The van der Waals surface area contributed by atoms with Crippen molar-refractivity contribution in [2.75, 3.05) is 0 Å². The second-order valence-corrected chi connectivity index (χ2v) is 10.4. The Morgan fingerprint density at radius 2 is 1.28 bits per heavy atom. The van der Waals surface area contributed by atoms with Crippen LogP contribution in [0.3, 0.4) is 0 Å². The van der Waals surface area contributed by atoms with E-state index in [9.17, 15) is 0 Å². The van der Waals surface area contributed by atoms with Crippen LogP contribution >= 0.6 is 0 Å². The van der Waals surface area contributed by atoms with E-state index in [4.69, 9.17) is 7.74 Å². The van der Waals surface area contributed by atoms with E-state index in [0.717, 1.165) is 30.1 Å². The average molecular weight is 590 g/mol. The molecule has 0 N–H and O–H groups in total. The molecule has 202 valence electrons. The van der Waals surface area contributed by atoms with Crippen molar-refractivity contribution in [1.29, 1.82) is 0 Å². The van der Waals surface area contributed by atoms with E-state index in [0.29, 0.717) is 0 Å². The summed E-state index contributed by atoms with van der Waals surface area (Å²) in [6.07, 6.45) is 8.15. The summed E-state index contributed by atoms with van der Waals surface area (Å²) >= 11 is 0. The first kappa shape index (κ1) is 34.1. The smallest absolute Gasteiger partial charge is 0.0502 e. The van der Waals surface area contributed by atoms with Gasteiger partial charge in [-0.1, -0.05) is 76.9 Å². The fourth-order valence-electron chi connectivity index (χ4n) is 7.88. The van der Waals surface area contributed by atoms with Gasteiger partial charge >= 0.3 is 0 Å². The molecule has 4 saturated carbocycles. The summed E-state index contributed by atoms with van der Waals surface area (Å²) in [6.45, 7) is 13.8. The summed E-state index contributed by atoms with van der Waals surface area (Å²) in [5.41, 5.74) is 8.66. The summed E-state index contributed by atoms with van der Waals surface area (Å²) in [7, 11) is 6.22. The van der Waals surface area contributed by atoms with Crippen LogP contribution in [0.2, 0.25) is 6.82 Å². The Hall–Kier alpha value is -1.11. The monoisotopic (exact) mass is 590 g/mol. The van der Waals surface area contributed by atoms with Gasteiger partial charge in [0, 0.05) is 40.4 Å². The average Bonchev–Trinajstić information content (AvgIpc) is 3.35. The zero-order valence-corrected chi connectivity index (χ0v) is 28.4. The molecular formula is C36H47B2Y-2. The molecular weight excluding hydrogens is 543 g/mol. The minimum Gasteiger partial charge on any atom is -0.180 e. The molecule has 39 heavy (non-hydrogen) atoms. The van der Waals surface area contributed by atoms with E-state index in [1.165, 1.54) is 72.7 Å². The number of hydrogen-bond acceptors (Lipinski definition) is 0. The minimum atomic E-state index is 0. The first-order valence-electron chi connectivity index (χ1n) is 15.3. The second kappa shape index (κ2) is 16.4. The molecule has 3 aromatic carbocycles. The van der Waals surface area contributed by atoms with Crippen molar-refractivity contribution < 1.29 is 32.7 Å². The Morgan fingerprint density at radius 1 is 0.718 bits per heavy atom. The van der Waals surface area contributed by atoms with Crippen molar-refractivity contribution in [3.8, 4) is 11.1 Å². The van der Waals surface area contributed by atoms with E-state index in [1.54, 1.807) is 6.82 Å². The molecule has 0 heterocycles. The molecule has 0 unspecified atom stereocenters. The molecule has 4 bridgehead atoms. The van der Waals surface area contributed by atoms with Crippen LogP contribution in [-0.4, -0.2) is 14.9 Å². The van der Waals surface area contributed by atoms with Gasteiger partial charge in [0.05, 0.1) is 7.17 Å². The molecule has 0 saturated heterocycles. The van der Waals surface area contributed by atoms with Crippen molar-refractivity contribution in [3.63, 3.8) is 0 Å². The first-order chi connectivity index (χ1) is 18.7. The van der Waals surface area contributed by atoms with E-state index >= 15 is 0 Å². The Balaban J connectivity index is 0.000000485. The molecule has 0 aliphatic heterocycles. The third-order valence-electron chi connectivity index (χ3n) is 8.73. The molecule has 0 atom stereocenters. The number of benzene rings is 3. The van der Waals surface area contributed by atoms with Gasteiger partial charge in [-0.25, -0.2) is 0 Å². The van der Waals surface area contributed by atoms with Gasteiger partial charge in [0.2, 0.25) is 0 Å². The third-order valence-corrected chi connectivity index (χ3v) is 8.73. The zero-order valence-electron chi connectivity index (χ0n) is 25.6. The fourth-order valence-corrected chi connectivity index (χ4v) is 7.88. The fraction of sp³-hybridized carbons (Fsp3) is 0.500.